The van der Waals surface area contributed by atoms with Gasteiger partial charge in [-0.3, -0.25) is 4.79 Å². The summed E-state index contributed by atoms with van der Waals surface area (Å²) in [5, 5.41) is 7.25. The second kappa shape index (κ2) is 6.02. The Hall–Kier alpha value is -2.79. The highest BCUT2D eigenvalue weighted by Crippen LogP contribution is 2.21. The Kier molecular flexibility index (Phi) is 3.70. The van der Waals surface area contributed by atoms with Gasteiger partial charge in [-0.1, -0.05) is 43.3 Å². The third-order valence-corrected chi connectivity index (χ3v) is 5.13. The van der Waals surface area contributed by atoms with Crippen molar-refractivity contribution in [1.82, 2.24) is 9.66 Å². The zero-order chi connectivity index (χ0) is 16.5. The Bertz CT molecular complexity index is 1120. The van der Waals surface area contributed by atoms with E-state index >= 15 is 0 Å². The molecule has 0 radical (unpaired) electrons. The maximum atomic E-state index is 12.5. The van der Waals surface area contributed by atoms with E-state index < -0.39 is 0 Å². The number of aromatic nitrogens is 2. The molecule has 0 spiro atoms. The number of aryl methyl sites for hydroxylation is 1. The molecule has 5 heteroatoms. The Morgan fingerprint density at radius 2 is 2.00 bits per heavy atom. The van der Waals surface area contributed by atoms with Crippen LogP contribution in [0.5, 0.6) is 0 Å². The Labute approximate surface area is 142 Å². The van der Waals surface area contributed by atoms with Gasteiger partial charge in [0.2, 0.25) is 0 Å². The van der Waals surface area contributed by atoms with Crippen molar-refractivity contribution in [3.8, 4) is 0 Å². The van der Waals surface area contributed by atoms with E-state index in [1.165, 1.54) is 16.4 Å². The van der Waals surface area contributed by atoms with E-state index in [4.69, 9.17) is 0 Å². The minimum atomic E-state index is -0.131. The fourth-order valence-corrected chi connectivity index (χ4v) is 3.56. The highest BCUT2D eigenvalue weighted by atomic mass is 32.1. The third kappa shape index (κ3) is 2.63. The number of hydrogen-bond donors (Lipinski definition) is 0. The van der Waals surface area contributed by atoms with Gasteiger partial charge in [0.05, 0.1) is 11.6 Å². The van der Waals surface area contributed by atoms with Crippen LogP contribution in [0.15, 0.2) is 64.8 Å². The summed E-state index contributed by atoms with van der Waals surface area (Å²) in [6.07, 6.45) is 4.08. The summed E-state index contributed by atoms with van der Waals surface area (Å²) in [6, 6.07) is 16.2. The molecule has 0 aliphatic rings. The zero-order valence-corrected chi connectivity index (χ0v) is 14.0. The lowest BCUT2D eigenvalue weighted by atomic mass is 10.1. The second-order valence-corrected chi connectivity index (χ2v) is 6.65. The van der Waals surface area contributed by atoms with Crippen LogP contribution in [0.25, 0.3) is 21.0 Å². The minimum absolute atomic E-state index is 0.131. The second-order valence-electron chi connectivity index (χ2n) is 5.53. The molecule has 4 nitrogen and oxygen atoms in total. The molecule has 0 fully saturated rings. The van der Waals surface area contributed by atoms with E-state index in [1.807, 2.05) is 30.3 Å². The molecule has 0 unspecified atom stereocenters. The molecule has 0 atom stereocenters. The van der Waals surface area contributed by atoms with Crippen LogP contribution in [0.3, 0.4) is 0 Å². The largest absolute Gasteiger partial charge is 0.282 e. The van der Waals surface area contributed by atoms with Gasteiger partial charge in [-0.25, -0.2) is 4.98 Å². The van der Waals surface area contributed by atoms with Crippen molar-refractivity contribution in [2.24, 2.45) is 5.10 Å². The monoisotopic (exact) mass is 333 g/mol. The van der Waals surface area contributed by atoms with Crippen LogP contribution in [0, 0.1) is 0 Å². The molecule has 2 aromatic carbocycles. The Morgan fingerprint density at radius 1 is 1.17 bits per heavy atom. The van der Waals surface area contributed by atoms with Crippen molar-refractivity contribution in [2.75, 3.05) is 0 Å². The number of benzene rings is 2. The molecule has 4 aromatic rings. The average Bonchev–Trinajstić information content (AvgIpc) is 3.05. The quantitative estimate of drug-likeness (QED) is 0.531. The normalized spacial score (nSPS) is 11.7. The van der Waals surface area contributed by atoms with Crippen molar-refractivity contribution < 1.29 is 0 Å². The first-order chi connectivity index (χ1) is 11.7. The summed E-state index contributed by atoms with van der Waals surface area (Å²) < 4.78 is 1.30. The van der Waals surface area contributed by atoms with Gasteiger partial charge >= 0.3 is 0 Å². The summed E-state index contributed by atoms with van der Waals surface area (Å²) in [6.45, 7) is 2.07. The SMILES string of the molecule is CCc1cc2c(=O)n(/N=C\c3ccc4ccccc4c3)cnc2s1. The van der Waals surface area contributed by atoms with Crippen LogP contribution in [0.4, 0.5) is 0 Å². The maximum Gasteiger partial charge on any atom is 0.282 e. The topological polar surface area (TPSA) is 47.2 Å². The molecular weight excluding hydrogens is 318 g/mol. The van der Waals surface area contributed by atoms with E-state index in [0.29, 0.717) is 5.39 Å². The number of nitrogens with zero attached hydrogens (tertiary/aromatic N) is 3. The first-order valence-electron chi connectivity index (χ1n) is 7.78. The van der Waals surface area contributed by atoms with E-state index in [9.17, 15) is 4.79 Å². The average molecular weight is 333 g/mol. The molecule has 24 heavy (non-hydrogen) atoms. The minimum Gasteiger partial charge on any atom is -0.267 e. The third-order valence-electron chi connectivity index (χ3n) is 3.94. The number of rotatable bonds is 3. The molecule has 0 bridgehead atoms. The smallest absolute Gasteiger partial charge is 0.267 e. The van der Waals surface area contributed by atoms with Crippen LogP contribution in [0.2, 0.25) is 0 Å². The van der Waals surface area contributed by atoms with Crippen LogP contribution in [-0.4, -0.2) is 15.9 Å². The van der Waals surface area contributed by atoms with E-state index in [-0.39, 0.29) is 5.56 Å². The molecule has 0 saturated carbocycles. The highest BCUT2D eigenvalue weighted by molar-refractivity contribution is 7.18. The van der Waals surface area contributed by atoms with Gasteiger partial charge in [0.1, 0.15) is 11.2 Å². The van der Waals surface area contributed by atoms with E-state index in [0.717, 1.165) is 27.1 Å². The molecule has 2 heterocycles. The molecule has 2 aromatic heterocycles. The van der Waals surface area contributed by atoms with Crippen LogP contribution < -0.4 is 5.56 Å². The summed E-state index contributed by atoms with van der Waals surface area (Å²) in [4.78, 5) is 18.8. The summed E-state index contributed by atoms with van der Waals surface area (Å²) in [7, 11) is 0. The van der Waals surface area contributed by atoms with Gasteiger partial charge < -0.3 is 0 Å². The molecule has 0 saturated heterocycles. The van der Waals surface area contributed by atoms with Crippen molar-refractivity contribution in [3.63, 3.8) is 0 Å². The van der Waals surface area contributed by atoms with E-state index in [1.54, 1.807) is 17.6 Å². The number of thiophene rings is 1. The molecule has 0 aliphatic heterocycles. The predicted octanol–water partition coefficient (Wildman–Crippen LogP) is 4.06. The molecular formula is C19H15N3OS. The lowest BCUT2D eigenvalue weighted by Gasteiger charge is -2.00. The molecule has 4 rings (SSSR count). The summed E-state index contributed by atoms with van der Waals surface area (Å²) in [5.74, 6) is 0. The van der Waals surface area contributed by atoms with Crippen LogP contribution in [0.1, 0.15) is 17.4 Å². The lowest BCUT2D eigenvalue weighted by Crippen LogP contribution is -2.16. The van der Waals surface area contributed by atoms with Crippen molar-refractivity contribution in [3.05, 3.63) is 75.7 Å². The van der Waals surface area contributed by atoms with Crippen molar-refractivity contribution in [1.29, 1.82) is 0 Å². The van der Waals surface area contributed by atoms with Gasteiger partial charge in [-0.2, -0.15) is 9.78 Å². The number of fused-ring (bicyclic) bond motifs is 2. The fraction of sp³-hybridized carbons (Fsp3) is 0.105. The fourth-order valence-electron chi connectivity index (χ4n) is 2.64. The van der Waals surface area contributed by atoms with E-state index in [2.05, 4.69) is 35.2 Å². The molecule has 0 amide bonds. The lowest BCUT2D eigenvalue weighted by molar-refractivity contribution is 0.818. The first kappa shape index (κ1) is 14.8. The standard InChI is InChI=1S/C19H15N3OS/c1-2-16-10-17-18(24-16)20-12-22(19(17)23)21-11-13-7-8-14-5-3-4-6-15(14)9-13/h3-12H,2H2,1H3/b21-11-. The zero-order valence-electron chi connectivity index (χ0n) is 13.1. The predicted molar refractivity (Wildman–Crippen MR) is 100 cm³/mol. The van der Waals surface area contributed by atoms with Gasteiger partial charge in [-0.15, -0.1) is 11.3 Å². The Morgan fingerprint density at radius 3 is 2.83 bits per heavy atom. The van der Waals surface area contributed by atoms with Crippen molar-refractivity contribution in [2.45, 2.75) is 13.3 Å². The molecule has 0 N–H and O–H groups in total. The highest BCUT2D eigenvalue weighted by Gasteiger charge is 2.07. The first-order valence-corrected chi connectivity index (χ1v) is 8.59. The van der Waals surface area contributed by atoms with Crippen LogP contribution in [-0.2, 0) is 6.42 Å². The summed E-state index contributed by atoms with van der Waals surface area (Å²) in [5.41, 5.74) is 0.813. The molecule has 118 valence electrons. The van der Waals surface area contributed by atoms with Gasteiger partial charge in [0.15, 0.2) is 0 Å². The van der Waals surface area contributed by atoms with Crippen LogP contribution >= 0.6 is 11.3 Å². The molecule has 0 aliphatic carbocycles. The Balaban J connectivity index is 1.73. The van der Waals surface area contributed by atoms with Crippen molar-refractivity contribution >= 4 is 38.5 Å². The van der Waals surface area contributed by atoms with Gasteiger partial charge in [0.25, 0.3) is 5.56 Å². The maximum absolute atomic E-state index is 12.5. The van der Waals surface area contributed by atoms with Gasteiger partial charge in [-0.05, 0) is 34.9 Å². The summed E-state index contributed by atoms with van der Waals surface area (Å²) >= 11 is 1.56. The number of hydrogen-bond acceptors (Lipinski definition) is 4. The van der Waals surface area contributed by atoms with Gasteiger partial charge in [0, 0.05) is 4.88 Å².